The van der Waals surface area contributed by atoms with Gasteiger partial charge in [-0.1, -0.05) is 0 Å². The Morgan fingerprint density at radius 2 is 2.06 bits per heavy atom. The summed E-state index contributed by atoms with van der Waals surface area (Å²) in [7, 11) is 0. The van der Waals surface area contributed by atoms with Crippen molar-refractivity contribution in [3.63, 3.8) is 0 Å². The van der Waals surface area contributed by atoms with E-state index in [0.29, 0.717) is 13.1 Å². The molecule has 0 saturated heterocycles. The van der Waals surface area contributed by atoms with Gasteiger partial charge in [-0.2, -0.15) is 0 Å². The van der Waals surface area contributed by atoms with Gasteiger partial charge in [-0.25, -0.2) is 9.37 Å². The van der Waals surface area contributed by atoms with Gasteiger partial charge in [-0.15, -0.1) is 11.3 Å². The van der Waals surface area contributed by atoms with Gasteiger partial charge in [-0.05, 0) is 24.3 Å². The minimum atomic E-state index is -0.236. The number of anilines is 1. The standard InChI is InChI=1S/C11H12FN3S/c12-9-3-1-8(2-4-9)10-7-16-11(15-10)14-6-5-13/h1-4,7H,5-6,13H2,(H,14,15). The first-order valence-electron chi connectivity index (χ1n) is 4.95. The highest BCUT2D eigenvalue weighted by Crippen LogP contribution is 2.24. The van der Waals surface area contributed by atoms with E-state index in [9.17, 15) is 4.39 Å². The number of rotatable bonds is 4. The molecule has 0 aliphatic heterocycles. The van der Waals surface area contributed by atoms with Crippen LogP contribution in [0.1, 0.15) is 0 Å². The van der Waals surface area contributed by atoms with Crippen LogP contribution in [0.5, 0.6) is 0 Å². The Kier molecular flexibility index (Phi) is 3.48. The number of benzene rings is 1. The number of nitrogens with one attached hydrogen (secondary N) is 1. The molecule has 16 heavy (non-hydrogen) atoms. The largest absolute Gasteiger partial charge is 0.360 e. The number of hydrogen-bond donors (Lipinski definition) is 2. The molecule has 0 unspecified atom stereocenters. The predicted molar refractivity (Wildman–Crippen MR) is 65.1 cm³/mol. The number of nitrogens with two attached hydrogens (primary N) is 1. The van der Waals surface area contributed by atoms with Gasteiger partial charge in [0.05, 0.1) is 5.69 Å². The van der Waals surface area contributed by atoms with Crippen LogP contribution in [0.4, 0.5) is 9.52 Å². The summed E-state index contributed by atoms with van der Waals surface area (Å²) in [6.45, 7) is 1.28. The molecule has 2 rings (SSSR count). The maximum Gasteiger partial charge on any atom is 0.183 e. The van der Waals surface area contributed by atoms with Crippen LogP contribution in [0.25, 0.3) is 11.3 Å². The molecule has 0 saturated carbocycles. The summed E-state index contributed by atoms with van der Waals surface area (Å²) < 4.78 is 12.7. The van der Waals surface area contributed by atoms with Crippen molar-refractivity contribution in [3.05, 3.63) is 35.5 Å². The van der Waals surface area contributed by atoms with E-state index < -0.39 is 0 Å². The fourth-order valence-electron chi connectivity index (χ4n) is 1.29. The van der Waals surface area contributed by atoms with Gasteiger partial charge in [0.2, 0.25) is 0 Å². The molecule has 0 aliphatic carbocycles. The van der Waals surface area contributed by atoms with Crippen molar-refractivity contribution in [1.82, 2.24) is 4.98 Å². The zero-order valence-electron chi connectivity index (χ0n) is 8.61. The molecule has 1 aromatic heterocycles. The molecular formula is C11H12FN3S. The number of halogens is 1. The van der Waals surface area contributed by atoms with Crippen molar-refractivity contribution in [2.24, 2.45) is 5.73 Å². The average molecular weight is 237 g/mol. The van der Waals surface area contributed by atoms with Gasteiger partial charge < -0.3 is 11.1 Å². The molecule has 84 valence electrons. The summed E-state index contributed by atoms with van der Waals surface area (Å²) in [6, 6.07) is 6.30. The second-order valence-corrected chi connectivity index (χ2v) is 4.12. The Morgan fingerprint density at radius 3 is 2.75 bits per heavy atom. The summed E-state index contributed by atoms with van der Waals surface area (Å²) >= 11 is 1.52. The van der Waals surface area contributed by atoms with Crippen LogP contribution < -0.4 is 11.1 Å². The Labute approximate surface area is 97.1 Å². The van der Waals surface area contributed by atoms with E-state index in [1.807, 2.05) is 5.38 Å². The Balaban J connectivity index is 2.15. The summed E-state index contributed by atoms with van der Waals surface area (Å²) in [4.78, 5) is 4.38. The normalized spacial score (nSPS) is 10.4. The van der Waals surface area contributed by atoms with E-state index in [1.165, 1.54) is 23.5 Å². The van der Waals surface area contributed by atoms with Gasteiger partial charge in [-0.3, -0.25) is 0 Å². The lowest BCUT2D eigenvalue weighted by molar-refractivity contribution is 0.628. The number of nitrogens with zero attached hydrogens (tertiary/aromatic N) is 1. The van der Waals surface area contributed by atoms with Crippen LogP contribution in [-0.2, 0) is 0 Å². The third-order valence-corrected chi connectivity index (χ3v) is 2.86. The average Bonchev–Trinajstić information content (AvgIpc) is 2.76. The molecule has 1 aromatic carbocycles. The van der Waals surface area contributed by atoms with Crippen molar-refractivity contribution in [2.45, 2.75) is 0 Å². The Hall–Kier alpha value is -1.46. The van der Waals surface area contributed by atoms with Crippen molar-refractivity contribution < 1.29 is 4.39 Å². The summed E-state index contributed by atoms with van der Waals surface area (Å²) in [5, 5.41) is 5.88. The van der Waals surface area contributed by atoms with Gasteiger partial charge >= 0.3 is 0 Å². The summed E-state index contributed by atoms with van der Waals surface area (Å²) in [5.41, 5.74) is 7.15. The molecule has 0 aliphatic rings. The zero-order valence-corrected chi connectivity index (χ0v) is 9.43. The van der Waals surface area contributed by atoms with Gasteiger partial charge in [0.1, 0.15) is 5.82 Å². The monoisotopic (exact) mass is 237 g/mol. The van der Waals surface area contributed by atoms with E-state index in [2.05, 4.69) is 10.3 Å². The molecule has 5 heteroatoms. The predicted octanol–water partition coefficient (Wildman–Crippen LogP) is 2.32. The smallest absolute Gasteiger partial charge is 0.183 e. The molecule has 0 radical (unpaired) electrons. The highest BCUT2D eigenvalue weighted by atomic mass is 32.1. The molecule has 3 nitrogen and oxygen atoms in total. The SMILES string of the molecule is NCCNc1nc(-c2ccc(F)cc2)cs1. The van der Waals surface area contributed by atoms with E-state index in [4.69, 9.17) is 5.73 Å². The lowest BCUT2D eigenvalue weighted by atomic mass is 10.2. The van der Waals surface area contributed by atoms with Gasteiger partial charge in [0, 0.05) is 24.0 Å². The van der Waals surface area contributed by atoms with Gasteiger partial charge in [0.25, 0.3) is 0 Å². The molecule has 0 atom stereocenters. The maximum absolute atomic E-state index is 12.7. The quantitative estimate of drug-likeness (QED) is 0.858. The molecule has 0 spiro atoms. The number of thiazole rings is 1. The van der Waals surface area contributed by atoms with E-state index in [-0.39, 0.29) is 5.82 Å². The topological polar surface area (TPSA) is 50.9 Å². The van der Waals surface area contributed by atoms with Crippen molar-refractivity contribution >= 4 is 16.5 Å². The highest BCUT2D eigenvalue weighted by molar-refractivity contribution is 7.14. The van der Waals surface area contributed by atoms with Crippen LogP contribution >= 0.6 is 11.3 Å². The molecular weight excluding hydrogens is 225 g/mol. The van der Waals surface area contributed by atoms with Crippen LogP contribution in [-0.4, -0.2) is 18.1 Å². The fourth-order valence-corrected chi connectivity index (χ4v) is 2.04. The van der Waals surface area contributed by atoms with E-state index in [0.717, 1.165) is 16.4 Å². The van der Waals surface area contributed by atoms with E-state index in [1.54, 1.807) is 12.1 Å². The van der Waals surface area contributed by atoms with Crippen LogP contribution in [0, 0.1) is 5.82 Å². The Morgan fingerprint density at radius 1 is 1.31 bits per heavy atom. The first kappa shape index (κ1) is 11.0. The summed E-state index contributed by atoms with van der Waals surface area (Å²) in [6.07, 6.45) is 0. The molecule has 1 heterocycles. The van der Waals surface area contributed by atoms with Crippen molar-refractivity contribution in [1.29, 1.82) is 0 Å². The minimum Gasteiger partial charge on any atom is -0.360 e. The second-order valence-electron chi connectivity index (χ2n) is 3.26. The van der Waals surface area contributed by atoms with Gasteiger partial charge in [0.15, 0.2) is 5.13 Å². The third-order valence-electron chi connectivity index (χ3n) is 2.06. The molecule has 0 fully saturated rings. The molecule has 0 amide bonds. The van der Waals surface area contributed by atoms with E-state index >= 15 is 0 Å². The van der Waals surface area contributed by atoms with Crippen LogP contribution in [0.3, 0.4) is 0 Å². The zero-order chi connectivity index (χ0) is 11.4. The van der Waals surface area contributed by atoms with Crippen LogP contribution in [0.15, 0.2) is 29.6 Å². The maximum atomic E-state index is 12.7. The lowest BCUT2D eigenvalue weighted by Crippen LogP contribution is -2.12. The molecule has 2 aromatic rings. The highest BCUT2D eigenvalue weighted by Gasteiger charge is 2.03. The summed E-state index contributed by atoms with van der Waals surface area (Å²) in [5.74, 6) is -0.236. The third kappa shape index (κ3) is 2.56. The second kappa shape index (κ2) is 5.05. The van der Waals surface area contributed by atoms with Crippen LogP contribution in [0.2, 0.25) is 0 Å². The fraction of sp³-hybridized carbons (Fsp3) is 0.182. The number of aromatic nitrogens is 1. The minimum absolute atomic E-state index is 0.236. The Bertz CT molecular complexity index is 453. The van der Waals surface area contributed by atoms with Crippen molar-refractivity contribution in [3.8, 4) is 11.3 Å². The first-order chi connectivity index (χ1) is 7.79. The molecule has 0 bridgehead atoms. The lowest BCUT2D eigenvalue weighted by Gasteiger charge is -1.98. The number of hydrogen-bond acceptors (Lipinski definition) is 4. The first-order valence-corrected chi connectivity index (χ1v) is 5.83. The molecule has 3 N–H and O–H groups in total. The van der Waals surface area contributed by atoms with Crippen molar-refractivity contribution in [2.75, 3.05) is 18.4 Å².